The molecule has 0 saturated heterocycles. The van der Waals surface area contributed by atoms with Gasteiger partial charge in [-0.1, -0.05) is 71.0 Å². The number of hydrogen-bond acceptors (Lipinski definition) is 5. The minimum atomic E-state index is -1.13. The monoisotopic (exact) mass is 695 g/mol. The number of hydrogen-bond donors (Lipinski definition) is 2. The number of Topliss-reactive ketones (excluding diaryl/α,β-unsaturated/α-hetero) is 1. The topological polar surface area (TPSA) is 92.7 Å². The minimum absolute atomic E-state index is 0.0449. The molecule has 9 unspecified atom stereocenters. The summed E-state index contributed by atoms with van der Waals surface area (Å²) >= 11 is 6.14. The average Bonchev–Trinajstić information content (AvgIpc) is 3.32. The summed E-state index contributed by atoms with van der Waals surface area (Å²) in [7, 11) is 0. The molecule has 6 nitrogen and oxygen atoms in total. The molecule has 0 amide bonds. The van der Waals surface area contributed by atoms with Gasteiger partial charge in [0.05, 0.1) is 11.8 Å². The highest BCUT2D eigenvalue weighted by Gasteiger charge is 2.65. The summed E-state index contributed by atoms with van der Waals surface area (Å²) in [5.74, 6) is 1.61. The summed E-state index contributed by atoms with van der Waals surface area (Å²) in [6, 6.07) is 0. The number of allylic oxidation sites excluding steroid dienone is 4. The maximum absolute atomic E-state index is 13.8. The van der Waals surface area contributed by atoms with E-state index >= 15 is 0 Å². The highest BCUT2D eigenvalue weighted by atomic mass is 35.5. The van der Waals surface area contributed by atoms with Gasteiger partial charge in [-0.05, 0) is 142 Å². The second-order valence-electron chi connectivity index (χ2n) is 18.0. The van der Waals surface area contributed by atoms with Gasteiger partial charge in [0.15, 0.2) is 5.78 Å². The number of fused-ring (bicyclic) bond motifs is 7. The summed E-state index contributed by atoms with van der Waals surface area (Å²) in [5, 5.41) is 13.7. The van der Waals surface area contributed by atoms with Gasteiger partial charge < -0.3 is 15.2 Å². The van der Waals surface area contributed by atoms with E-state index in [1.807, 2.05) is 6.08 Å². The highest BCUT2D eigenvalue weighted by molar-refractivity contribution is 6.31. The van der Waals surface area contributed by atoms with E-state index < -0.39 is 17.4 Å². The zero-order valence-corrected chi connectivity index (χ0v) is 32.0. The third-order valence-corrected chi connectivity index (χ3v) is 14.6. The Balaban J connectivity index is 1.33. The first-order valence-corrected chi connectivity index (χ1v) is 19.4. The van der Waals surface area contributed by atoms with Crippen LogP contribution in [-0.4, -0.2) is 42.0 Å². The van der Waals surface area contributed by atoms with Gasteiger partial charge in [0.25, 0.3) is 0 Å². The fraction of sp³-hybridized carbons (Fsp3) is 0.738. The van der Waals surface area contributed by atoms with Gasteiger partial charge in [0, 0.05) is 23.4 Å². The molecule has 0 spiro atoms. The van der Waals surface area contributed by atoms with E-state index in [0.29, 0.717) is 47.5 Å². The lowest BCUT2D eigenvalue weighted by atomic mass is 9.38. The van der Waals surface area contributed by atoms with E-state index in [9.17, 15) is 19.5 Å². The molecular weight excluding hydrogens is 634 g/mol. The van der Waals surface area contributed by atoms with Gasteiger partial charge in [-0.3, -0.25) is 14.4 Å². The van der Waals surface area contributed by atoms with Crippen LogP contribution in [0, 0.1) is 57.2 Å². The van der Waals surface area contributed by atoms with Crippen LogP contribution in [0.25, 0.3) is 0 Å². The van der Waals surface area contributed by atoms with Crippen LogP contribution in [0.15, 0.2) is 47.1 Å². The highest BCUT2D eigenvalue weighted by Crippen LogP contribution is 2.72. The Kier molecular flexibility index (Phi) is 10.9. The minimum Gasteiger partial charge on any atom is -0.481 e. The molecule has 0 aromatic rings. The summed E-state index contributed by atoms with van der Waals surface area (Å²) < 4.78 is 6.05. The number of ether oxygens (including phenoxy) is 1. The van der Waals surface area contributed by atoms with Crippen LogP contribution < -0.4 is 5.32 Å². The number of esters is 1. The number of rotatable bonds is 12. The van der Waals surface area contributed by atoms with Crippen molar-refractivity contribution in [3.8, 4) is 0 Å². The second-order valence-corrected chi connectivity index (χ2v) is 18.4. The maximum Gasteiger partial charge on any atom is 0.309 e. The molecule has 0 heterocycles. The Hall–Kier alpha value is -2.18. The largest absolute Gasteiger partial charge is 0.481 e. The van der Waals surface area contributed by atoms with Crippen LogP contribution in [0.3, 0.4) is 0 Å². The fourth-order valence-corrected chi connectivity index (χ4v) is 12.2. The van der Waals surface area contributed by atoms with Gasteiger partial charge in [0.2, 0.25) is 0 Å². The molecule has 2 N–H and O–H groups in total. The van der Waals surface area contributed by atoms with Crippen LogP contribution in [-0.2, 0) is 19.1 Å². The molecule has 0 aromatic carbocycles. The molecule has 4 saturated carbocycles. The predicted molar refractivity (Wildman–Crippen MR) is 197 cm³/mol. The molecular formula is C42H62ClNO5. The standard InChI is InChI=1S/C42H62ClNO5/c1-10-28(43)21-26(4)24-44-20-19-42-18-14-31-29(37(42)36(25(2)3)32(45)22-42)11-12-34-40(8)17-15-33(27(5)30(40)13-16-41(31,34)9)49-35(46)23-39(6,7)38(47)48/h10,21,25,27,29-31,33-34,44H,1,4,11-20,22-24H2,2-3,5-9H3,(H,47,48)/b28-21+. The molecule has 0 aliphatic heterocycles. The van der Waals surface area contributed by atoms with Crippen molar-refractivity contribution in [2.45, 2.75) is 125 Å². The van der Waals surface area contributed by atoms with Gasteiger partial charge >= 0.3 is 11.9 Å². The number of carboxylic acids is 1. The smallest absolute Gasteiger partial charge is 0.309 e. The lowest BCUT2D eigenvalue weighted by Crippen LogP contribution is -2.60. The van der Waals surface area contributed by atoms with E-state index in [4.69, 9.17) is 16.3 Å². The quantitative estimate of drug-likeness (QED) is 0.120. The first-order valence-electron chi connectivity index (χ1n) is 19.0. The van der Waals surface area contributed by atoms with Gasteiger partial charge in [-0.25, -0.2) is 0 Å². The third kappa shape index (κ3) is 6.91. The number of carboxylic acid groups (broad SMARTS) is 1. The molecule has 272 valence electrons. The lowest BCUT2D eigenvalue weighted by Gasteiger charge is -2.67. The van der Waals surface area contributed by atoms with Crippen molar-refractivity contribution in [1.82, 2.24) is 5.32 Å². The molecule has 9 atom stereocenters. The van der Waals surface area contributed by atoms with Crippen molar-refractivity contribution < 1.29 is 24.2 Å². The zero-order chi connectivity index (χ0) is 36.1. The summed E-state index contributed by atoms with van der Waals surface area (Å²) in [6.45, 7) is 24.4. The Morgan fingerprint density at radius 2 is 1.73 bits per heavy atom. The predicted octanol–water partition coefficient (Wildman–Crippen LogP) is 9.44. The second kappa shape index (κ2) is 14.1. The van der Waals surface area contributed by atoms with Gasteiger partial charge in [0.1, 0.15) is 6.10 Å². The van der Waals surface area contributed by atoms with Crippen LogP contribution in [0.1, 0.15) is 119 Å². The van der Waals surface area contributed by atoms with Gasteiger partial charge in [-0.15, -0.1) is 0 Å². The number of nitrogens with one attached hydrogen (secondary N) is 1. The van der Waals surface area contributed by atoms with E-state index in [1.54, 1.807) is 19.9 Å². The van der Waals surface area contributed by atoms with Crippen molar-refractivity contribution in [2.24, 2.45) is 57.2 Å². The third-order valence-electron chi connectivity index (χ3n) is 14.4. The molecule has 49 heavy (non-hydrogen) atoms. The number of aliphatic carboxylic acids is 1. The molecule has 0 aromatic heterocycles. The molecule has 5 rings (SSSR count). The summed E-state index contributed by atoms with van der Waals surface area (Å²) in [4.78, 5) is 38.4. The zero-order valence-electron chi connectivity index (χ0n) is 31.3. The Morgan fingerprint density at radius 3 is 2.39 bits per heavy atom. The fourth-order valence-electron chi connectivity index (χ4n) is 12.0. The van der Waals surface area contributed by atoms with E-state index in [1.165, 1.54) is 24.8 Å². The normalized spacial score (nSPS) is 37.6. The van der Waals surface area contributed by atoms with E-state index in [0.717, 1.165) is 56.2 Å². The molecule has 5 aliphatic carbocycles. The Labute approximate surface area is 300 Å². The van der Waals surface area contributed by atoms with Crippen molar-refractivity contribution >= 4 is 29.3 Å². The van der Waals surface area contributed by atoms with Crippen LogP contribution in [0.4, 0.5) is 0 Å². The van der Waals surface area contributed by atoms with E-state index in [2.05, 4.69) is 53.1 Å². The number of carbonyl (C=O) groups excluding carboxylic acids is 2. The van der Waals surface area contributed by atoms with Gasteiger partial charge in [-0.2, -0.15) is 0 Å². The molecule has 5 aliphatic rings. The Bertz CT molecular complexity index is 1430. The molecule has 4 fully saturated rings. The summed E-state index contributed by atoms with van der Waals surface area (Å²) in [5.41, 5.74) is 2.80. The van der Waals surface area contributed by atoms with Crippen LogP contribution in [0.2, 0.25) is 0 Å². The average molecular weight is 696 g/mol. The van der Waals surface area contributed by atoms with Crippen LogP contribution >= 0.6 is 11.6 Å². The SMILES string of the molecule is C=C/C(Cl)=C\C(=C)CNCCC12CCC3C(CCC4C3(C)CCC3C(C)C(OC(=O)CC(C)(C)C(=O)O)CCC34C)C1=C(C(C)C)C(=O)C2. The van der Waals surface area contributed by atoms with Crippen molar-refractivity contribution in [3.63, 3.8) is 0 Å². The number of carbonyl (C=O) groups is 3. The number of ketones is 1. The summed E-state index contributed by atoms with van der Waals surface area (Å²) in [6.07, 6.45) is 13.6. The first-order chi connectivity index (χ1) is 22.9. The molecule has 0 radical (unpaired) electrons. The lowest BCUT2D eigenvalue weighted by molar-refractivity contribution is -0.192. The molecule has 0 bridgehead atoms. The van der Waals surface area contributed by atoms with Crippen molar-refractivity contribution in [1.29, 1.82) is 0 Å². The maximum atomic E-state index is 13.8. The molecule has 7 heteroatoms. The van der Waals surface area contributed by atoms with Crippen molar-refractivity contribution in [2.75, 3.05) is 13.1 Å². The number of halogens is 1. The van der Waals surface area contributed by atoms with Crippen LogP contribution in [0.5, 0.6) is 0 Å². The van der Waals surface area contributed by atoms with E-state index in [-0.39, 0.29) is 40.6 Å². The van der Waals surface area contributed by atoms with Crippen molar-refractivity contribution in [3.05, 3.63) is 47.1 Å². The first kappa shape index (κ1) is 38.1. The Morgan fingerprint density at radius 1 is 1.08 bits per heavy atom.